The second kappa shape index (κ2) is 4.96. The van der Waals surface area contributed by atoms with Gasteiger partial charge in [-0.2, -0.15) is 0 Å². The Morgan fingerprint density at radius 2 is 2.04 bits per heavy atom. The van der Waals surface area contributed by atoms with Gasteiger partial charge in [0, 0.05) is 36.5 Å². The van der Waals surface area contributed by atoms with Crippen LogP contribution >= 0.6 is 0 Å². The molecule has 0 bridgehead atoms. The highest BCUT2D eigenvalue weighted by atomic mass is 16.1. The Morgan fingerprint density at radius 3 is 2.92 bits per heavy atom. The van der Waals surface area contributed by atoms with Gasteiger partial charge in [-0.15, -0.1) is 0 Å². The van der Waals surface area contributed by atoms with E-state index in [9.17, 15) is 4.79 Å². The summed E-state index contributed by atoms with van der Waals surface area (Å²) in [4.78, 5) is 19.3. The molecule has 0 amide bonds. The highest BCUT2D eigenvalue weighted by Crippen LogP contribution is 2.37. The fourth-order valence-corrected chi connectivity index (χ4v) is 3.55. The Bertz CT molecular complexity index is 1060. The molecular weight excluding hydrogens is 300 g/mol. The van der Waals surface area contributed by atoms with Gasteiger partial charge < -0.3 is 15.1 Å². The molecule has 5 nitrogen and oxygen atoms in total. The van der Waals surface area contributed by atoms with Crippen molar-refractivity contribution in [2.45, 2.75) is 13.0 Å². The number of carbonyl (C=O) groups is 1. The van der Waals surface area contributed by atoms with Crippen molar-refractivity contribution in [1.29, 1.82) is 0 Å². The Kier molecular flexibility index (Phi) is 2.76. The summed E-state index contributed by atoms with van der Waals surface area (Å²) in [5.41, 5.74) is 4.70. The molecule has 1 aliphatic rings. The van der Waals surface area contributed by atoms with E-state index in [-0.39, 0.29) is 5.78 Å². The van der Waals surface area contributed by atoms with Crippen LogP contribution in [0.4, 0.5) is 5.69 Å². The average Bonchev–Trinajstić information content (AvgIpc) is 3.20. The predicted molar refractivity (Wildman–Crippen MR) is 94.4 cm³/mol. The molecular formula is C19H16N4O. The molecule has 3 heterocycles. The molecule has 0 fully saturated rings. The summed E-state index contributed by atoms with van der Waals surface area (Å²) < 4.78 is 0. The molecule has 5 heteroatoms. The van der Waals surface area contributed by atoms with E-state index in [1.54, 1.807) is 0 Å². The molecule has 2 aromatic heterocycles. The van der Waals surface area contributed by atoms with Crippen LogP contribution in [0.1, 0.15) is 22.5 Å². The number of nitrogens with one attached hydrogen (secondary N) is 2. The lowest BCUT2D eigenvalue weighted by Gasteiger charge is -2.28. The number of hydrogen-bond acceptors (Lipinski definition) is 3. The predicted octanol–water partition coefficient (Wildman–Crippen LogP) is 3.64. The Hall–Kier alpha value is -3.08. The normalized spacial score (nSPS) is 14.5. The van der Waals surface area contributed by atoms with E-state index < -0.39 is 0 Å². The van der Waals surface area contributed by atoms with Crippen molar-refractivity contribution >= 4 is 33.3 Å². The quantitative estimate of drug-likeness (QED) is 0.593. The molecule has 0 saturated heterocycles. The monoisotopic (exact) mass is 316 g/mol. The first-order valence-corrected chi connectivity index (χ1v) is 8.11. The van der Waals surface area contributed by atoms with E-state index in [1.165, 1.54) is 5.56 Å². The van der Waals surface area contributed by atoms with Gasteiger partial charge in [-0.1, -0.05) is 30.3 Å². The van der Waals surface area contributed by atoms with Gasteiger partial charge in [0.05, 0.1) is 16.7 Å². The molecule has 0 atom stereocenters. The molecule has 0 spiro atoms. The van der Waals surface area contributed by atoms with Crippen LogP contribution in [0.2, 0.25) is 0 Å². The number of nitrogens with zero attached hydrogens (tertiary/aromatic N) is 2. The van der Waals surface area contributed by atoms with Crippen LogP contribution in [-0.4, -0.2) is 27.5 Å². The summed E-state index contributed by atoms with van der Waals surface area (Å²) >= 11 is 0. The maximum Gasteiger partial charge on any atom is 0.185 e. The lowest BCUT2D eigenvalue weighted by molar-refractivity contribution is 0.0975. The molecule has 24 heavy (non-hydrogen) atoms. The number of benzene rings is 2. The van der Waals surface area contributed by atoms with Crippen molar-refractivity contribution in [2.75, 3.05) is 11.4 Å². The summed E-state index contributed by atoms with van der Waals surface area (Å²) in [6.07, 6.45) is 2.45. The minimum Gasteiger partial charge on any atom is -0.364 e. The van der Waals surface area contributed by atoms with Crippen molar-refractivity contribution in [2.24, 2.45) is 0 Å². The van der Waals surface area contributed by atoms with Gasteiger partial charge in [0.15, 0.2) is 5.78 Å². The zero-order valence-electron chi connectivity index (χ0n) is 13.0. The lowest BCUT2D eigenvalue weighted by atomic mass is 10.0. The number of H-pyrrole nitrogens is 2. The minimum absolute atomic E-state index is 0.140. The Balaban J connectivity index is 1.69. The number of hydrogen-bond donors (Lipinski definition) is 2. The topological polar surface area (TPSA) is 64.8 Å². The maximum atomic E-state index is 12.4. The van der Waals surface area contributed by atoms with Crippen LogP contribution in [0.3, 0.4) is 0 Å². The number of carbonyl (C=O) groups excluding carboxylic acids is 1. The number of rotatable bonds is 2. The smallest absolute Gasteiger partial charge is 0.185 e. The van der Waals surface area contributed by atoms with Crippen LogP contribution in [0.5, 0.6) is 0 Å². The van der Waals surface area contributed by atoms with E-state index in [4.69, 9.17) is 0 Å². The first-order valence-electron chi connectivity index (χ1n) is 8.11. The fourth-order valence-electron chi connectivity index (χ4n) is 3.55. The third-order valence-electron chi connectivity index (χ3n) is 4.72. The molecule has 0 radical (unpaired) electrons. The van der Waals surface area contributed by atoms with E-state index in [0.717, 1.165) is 40.6 Å². The van der Waals surface area contributed by atoms with Crippen molar-refractivity contribution in [1.82, 2.24) is 15.2 Å². The summed E-state index contributed by atoms with van der Waals surface area (Å²) in [5, 5.41) is 8.24. The number of aromatic amines is 2. The van der Waals surface area contributed by atoms with Gasteiger partial charge in [-0.25, -0.2) is 4.98 Å². The van der Waals surface area contributed by atoms with Crippen molar-refractivity contribution < 1.29 is 4.79 Å². The van der Waals surface area contributed by atoms with E-state index in [1.807, 2.05) is 30.5 Å². The van der Waals surface area contributed by atoms with E-state index in [0.29, 0.717) is 12.1 Å². The van der Waals surface area contributed by atoms with Gasteiger partial charge in [-0.3, -0.25) is 4.79 Å². The van der Waals surface area contributed by atoms with Crippen molar-refractivity contribution in [3.8, 4) is 0 Å². The van der Waals surface area contributed by atoms with Crippen LogP contribution in [0.15, 0.2) is 48.7 Å². The first kappa shape index (κ1) is 13.4. The summed E-state index contributed by atoms with van der Waals surface area (Å²) in [6.45, 7) is 1.53. The van der Waals surface area contributed by atoms with Crippen LogP contribution in [0.25, 0.3) is 21.8 Å². The Labute approximate surface area is 138 Å². The zero-order chi connectivity index (χ0) is 16.1. The number of anilines is 1. The van der Waals surface area contributed by atoms with Gasteiger partial charge in [0.25, 0.3) is 0 Å². The summed E-state index contributed by atoms with van der Waals surface area (Å²) in [6, 6.07) is 14.5. The second-order valence-electron chi connectivity index (χ2n) is 6.26. The summed E-state index contributed by atoms with van der Waals surface area (Å²) in [7, 11) is 0. The van der Waals surface area contributed by atoms with Crippen LogP contribution < -0.4 is 4.90 Å². The van der Waals surface area contributed by atoms with Crippen molar-refractivity contribution in [3.05, 3.63) is 59.9 Å². The van der Waals surface area contributed by atoms with Gasteiger partial charge in [0.1, 0.15) is 5.69 Å². The molecule has 118 valence electrons. The van der Waals surface area contributed by atoms with E-state index in [2.05, 4.69) is 38.3 Å². The molecule has 2 aromatic carbocycles. The first-order chi connectivity index (χ1) is 11.8. The molecule has 1 aliphatic heterocycles. The van der Waals surface area contributed by atoms with Gasteiger partial charge in [-0.05, 0) is 17.7 Å². The molecule has 0 unspecified atom stereocenters. The number of Topliss-reactive ketones (excluding diaryl/α,β-unsaturated/α-hetero) is 1. The molecule has 0 aliphatic carbocycles. The minimum atomic E-state index is 0.140. The van der Waals surface area contributed by atoms with Gasteiger partial charge >= 0.3 is 0 Å². The molecule has 5 rings (SSSR count). The standard InChI is InChI=1S/C19H16N4O/c24-17-6-7-23(11-12-4-2-1-3-5-12)19-14-8-13-10-20-22-15(13)9-16(14)21-18(17)19/h1-5,8-10,20,22H,6-7,11H2. The highest BCUT2D eigenvalue weighted by Gasteiger charge is 2.28. The third kappa shape index (κ3) is 1.94. The molecule has 0 saturated carbocycles. The van der Waals surface area contributed by atoms with Crippen LogP contribution in [0, 0.1) is 0 Å². The van der Waals surface area contributed by atoms with Gasteiger partial charge in [0.2, 0.25) is 0 Å². The lowest BCUT2D eigenvalue weighted by Crippen LogP contribution is -2.31. The average molecular weight is 316 g/mol. The maximum absolute atomic E-state index is 12.4. The fraction of sp³-hybridized carbons (Fsp3) is 0.158. The third-order valence-corrected chi connectivity index (χ3v) is 4.72. The number of ketones is 1. The molecule has 2 N–H and O–H groups in total. The second-order valence-corrected chi connectivity index (χ2v) is 6.26. The zero-order valence-corrected chi connectivity index (χ0v) is 13.0. The molecule has 4 aromatic rings. The number of aromatic nitrogens is 3. The Morgan fingerprint density at radius 1 is 1.17 bits per heavy atom. The summed E-state index contributed by atoms with van der Waals surface area (Å²) in [5.74, 6) is 0.140. The van der Waals surface area contributed by atoms with Crippen LogP contribution in [-0.2, 0) is 6.54 Å². The largest absolute Gasteiger partial charge is 0.364 e. The van der Waals surface area contributed by atoms with Crippen molar-refractivity contribution in [3.63, 3.8) is 0 Å². The van der Waals surface area contributed by atoms with E-state index >= 15 is 0 Å². The SMILES string of the molecule is O=C1CCN(Cc2ccccc2)c2c1nc1cc3[nH][nH]cc3cc21. The highest BCUT2D eigenvalue weighted by molar-refractivity contribution is 6.13. The number of fused-ring (bicyclic) bond motifs is 4.